The van der Waals surface area contributed by atoms with Crippen LogP contribution in [0.4, 0.5) is 0 Å². The molecule has 2 atom stereocenters. The number of hydrogen-bond donors (Lipinski definition) is 1. The predicted molar refractivity (Wildman–Crippen MR) is 52.0 cm³/mol. The van der Waals surface area contributed by atoms with Gasteiger partial charge in [-0.25, -0.2) is 0 Å². The van der Waals surface area contributed by atoms with Gasteiger partial charge < -0.3 is 5.32 Å². The molecule has 0 aromatic carbocycles. The Kier molecular flexibility index (Phi) is 2.40. The summed E-state index contributed by atoms with van der Waals surface area (Å²) in [4.78, 5) is 0. The molecule has 1 aliphatic carbocycles. The quantitative estimate of drug-likeness (QED) is 0.665. The van der Waals surface area contributed by atoms with Crippen molar-refractivity contribution in [2.24, 2.45) is 23.7 Å². The van der Waals surface area contributed by atoms with Gasteiger partial charge in [0.05, 0.1) is 0 Å². The number of hydrogen-bond acceptors (Lipinski definition) is 1. The van der Waals surface area contributed by atoms with E-state index in [1.807, 2.05) is 0 Å². The highest BCUT2D eigenvalue weighted by molar-refractivity contribution is 4.90. The molecule has 0 radical (unpaired) electrons. The minimum atomic E-state index is 0.904. The average molecular weight is 167 g/mol. The zero-order valence-electron chi connectivity index (χ0n) is 8.34. The van der Waals surface area contributed by atoms with E-state index in [2.05, 4.69) is 19.2 Å². The van der Waals surface area contributed by atoms with Crippen molar-refractivity contribution < 1.29 is 0 Å². The lowest BCUT2D eigenvalue weighted by atomic mass is 9.94. The fraction of sp³-hybridized carbons (Fsp3) is 1.00. The maximum absolute atomic E-state index is 3.50. The van der Waals surface area contributed by atoms with Crippen molar-refractivity contribution in [3.63, 3.8) is 0 Å². The number of fused-ring (bicyclic) bond motifs is 1. The van der Waals surface area contributed by atoms with Gasteiger partial charge in [-0.3, -0.25) is 0 Å². The molecule has 0 spiro atoms. The summed E-state index contributed by atoms with van der Waals surface area (Å²) in [5, 5.41) is 3.50. The minimum Gasteiger partial charge on any atom is -0.316 e. The molecule has 1 saturated heterocycles. The van der Waals surface area contributed by atoms with E-state index in [0.717, 1.165) is 23.7 Å². The van der Waals surface area contributed by atoms with Crippen LogP contribution < -0.4 is 5.32 Å². The Labute approximate surface area is 75.9 Å². The molecule has 1 N–H and O–H groups in total. The molecular weight excluding hydrogens is 146 g/mol. The van der Waals surface area contributed by atoms with Gasteiger partial charge in [-0.05, 0) is 56.0 Å². The fourth-order valence-electron chi connectivity index (χ4n) is 3.15. The first-order valence-electron chi connectivity index (χ1n) is 5.46. The Balaban J connectivity index is 1.82. The molecule has 0 amide bonds. The Morgan fingerprint density at radius 3 is 2.25 bits per heavy atom. The molecular formula is C11H21N. The van der Waals surface area contributed by atoms with Crippen molar-refractivity contribution in [1.82, 2.24) is 5.32 Å². The van der Waals surface area contributed by atoms with Crippen LogP contribution in [0.25, 0.3) is 0 Å². The second-order valence-electron chi connectivity index (χ2n) is 5.15. The van der Waals surface area contributed by atoms with Gasteiger partial charge in [-0.15, -0.1) is 0 Å². The van der Waals surface area contributed by atoms with Gasteiger partial charge in [0, 0.05) is 0 Å². The first-order chi connectivity index (χ1) is 5.75. The summed E-state index contributed by atoms with van der Waals surface area (Å²) < 4.78 is 0. The molecule has 2 rings (SSSR count). The summed E-state index contributed by atoms with van der Waals surface area (Å²) in [5.74, 6) is 4.03. The van der Waals surface area contributed by atoms with Crippen LogP contribution in [0.5, 0.6) is 0 Å². The van der Waals surface area contributed by atoms with Crippen molar-refractivity contribution in [2.45, 2.75) is 33.1 Å². The first kappa shape index (κ1) is 8.55. The molecule has 1 nitrogen and oxygen atoms in total. The van der Waals surface area contributed by atoms with Gasteiger partial charge in [0.15, 0.2) is 0 Å². The van der Waals surface area contributed by atoms with E-state index >= 15 is 0 Å². The fourth-order valence-corrected chi connectivity index (χ4v) is 3.15. The molecule has 0 aromatic heterocycles. The molecule has 1 heterocycles. The van der Waals surface area contributed by atoms with Crippen molar-refractivity contribution >= 4 is 0 Å². The maximum Gasteiger partial charge on any atom is -0.00172 e. The molecule has 2 fully saturated rings. The maximum atomic E-state index is 3.50. The minimum absolute atomic E-state index is 0.904. The van der Waals surface area contributed by atoms with E-state index in [1.165, 1.54) is 32.4 Å². The van der Waals surface area contributed by atoms with Crippen LogP contribution in [0.15, 0.2) is 0 Å². The summed E-state index contributed by atoms with van der Waals surface area (Å²) >= 11 is 0. The zero-order chi connectivity index (χ0) is 8.55. The number of rotatable bonds is 2. The van der Waals surface area contributed by atoms with Gasteiger partial charge >= 0.3 is 0 Å². The van der Waals surface area contributed by atoms with Crippen LogP contribution in [0.3, 0.4) is 0 Å². The third-order valence-electron chi connectivity index (χ3n) is 3.56. The van der Waals surface area contributed by atoms with Crippen molar-refractivity contribution in [3.05, 3.63) is 0 Å². The highest BCUT2D eigenvalue weighted by Gasteiger charge is 2.36. The molecule has 0 bridgehead atoms. The molecule has 1 heteroatoms. The highest BCUT2D eigenvalue weighted by atomic mass is 14.9. The van der Waals surface area contributed by atoms with E-state index in [1.54, 1.807) is 0 Å². The summed E-state index contributed by atoms with van der Waals surface area (Å²) in [7, 11) is 0. The molecule has 1 aliphatic heterocycles. The zero-order valence-corrected chi connectivity index (χ0v) is 8.34. The van der Waals surface area contributed by atoms with Crippen molar-refractivity contribution in [1.29, 1.82) is 0 Å². The summed E-state index contributed by atoms with van der Waals surface area (Å²) in [6.45, 7) is 7.32. The van der Waals surface area contributed by atoms with Gasteiger partial charge in [0.2, 0.25) is 0 Å². The summed E-state index contributed by atoms with van der Waals surface area (Å²) in [5.41, 5.74) is 0. The molecule has 1 saturated carbocycles. The Hall–Kier alpha value is -0.0400. The Morgan fingerprint density at radius 2 is 1.75 bits per heavy atom. The van der Waals surface area contributed by atoms with Crippen LogP contribution in [0, 0.1) is 23.7 Å². The lowest BCUT2D eigenvalue weighted by Gasteiger charge is -2.13. The van der Waals surface area contributed by atoms with E-state index < -0.39 is 0 Å². The van der Waals surface area contributed by atoms with Gasteiger partial charge in [0.25, 0.3) is 0 Å². The average Bonchev–Trinajstić information content (AvgIpc) is 2.43. The standard InChI is InChI=1S/C11H21N/c1-8(2)3-9-4-10-6-12-7-11(10)5-9/h8-12H,3-7H2,1-2H3. The van der Waals surface area contributed by atoms with Crippen LogP contribution in [-0.4, -0.2) is 13.1 Å². The Bertz CT molecular complexity index is 141. The van der Waals surface area contributed by atoms with Gasteiger partial charge in [0.1, 0.15) is 0 Å². The molecule has 2 unspecified atom stereocenters. The smallest absolute Gasteiger partial charge is 0.00172 e. The first-order valence-corrected chi connectivity index (χ1v) is 5.46. The van der Waals surface area contributed by atoms with E-state index in [0.29, 0.717) is 0 Å². The van der Waals surface area contributed by atoms with Crippen LogP contribution in [0.2, 0.25) is 0 Å². The highest BCUT2D eigenvalue weighted by Crippen LogP contribution is 2.41. The normalized spacial score (nSPS) is 40.8. The SMILES string of the molecule is CC(C)CC1CC2CNCC2C1. The van der Waals surface area contributed by atoms with Gasteiger partial charge in [-0.1, -0.05) is 13.8 Å². The lowest BCUT2D eigenvalue weighted by molar-refractivity contribution is 0.394. The second-order valence-corrected chi connectivity index (χ2v) is 5.15. The van der Waals surface area contributed by atoms with Crippen molar-refractivity contribution in [3.8, 4) is 0 Å². The van der Waals surface area contributed by atoms with E-state index in [9.17, 15) is 0 Å². The monoisotopic (exact) mass is 167 g/mol. The number of nitrogens with one attached hydrogen (secondary N) is 1. The van der Waals surface area contributed by atoms with Crippen LogP contribution in [-0.2, 0) is 0 Å². The summed E-state index contributed by atoms with van der Waals surface area (Å²) in [6, 6.07) is 0. The molecule has 12 heavy (non-hydrogen) atoms. The molecule has 2 aliphatic rings. The molecule has 70 valence electrons. The molecule has 0 aromatic rings. The topological polar surface area (TPSA) is 12.0 Å². The van der Waals surface area contributed by atoms with E-state index in [-0.39, 0.29) is 0 Å². The summed E-state index contributed by atoms with van der Waals surface area (Å²) in [6.07, 6.45) is 4.48. The van der Waals surface area contributed by atoms with Gasteiger partial charge in [-0.2, -0.15) is 0 Å². The lowest BCUT2D eigenvalue weighted by Crippen LogP contribution is -2.12. The largest absolute Gasteiger partial charge is 0.316 e. The van der Waals surface area contributed by atoms with Crippen LogP contribution >= 0.6 is 0 Å². The third kappa shape index (κ3) is 1.66. The van der Waals surface area contributed by atoms with E-state index in [4.69, 9.17) is 0 Å². The predicted octanol–water partition coefficient (Wildman–Crippen LogP) is 2.28. The third-order valence-corrected chi connectivity index (χ3v) is 3.56. The second kappa shape index (κ2) is 3.37. The van der Waals surface area contributed by atoms with Crippen molar-refractivity contribution in [2.75, 3.05) is 13.1 Å². The van der Waals surface area contributed by atoms with Crippen LogP contribution in [0.1, 0.15) is 33.1 Å². The Morgan fingerprint density at radius 1 is 1.17 bits per heavy atom.